The van der Waals surface area contributed by atoms with E-state index in [4.69, 9.17) is 9.47 Å². The van der Waals surface area contributed by atoms with Crippen LogP contribution in [-0.2, 0) is 9.47 Å². The van der Waals surface area contributed by atoms with E-state index in [1.165, 1.54) is 19.3 Å². The minimum absolute atomic E-state index is 0.201. The van der Waals surface area contributed by atoms with Gasteiger partial charge in [0.05, 0.1) is 0 Å². The van der Waals surface area contributed by atoms with Crippen molar-refractivity contribution in [2.45, 2.75) is 52.0 Å². The molecule has 0 bridgehead atoms. The second kappa shape index (κ2) is 6.72. The molecule has 1 aliphatic heterocycles. The average Bonchev–Trinajstić information content (AvgIpc) is 2.28. The van der Waals surface area contributed by atoms with Crippen LogP contribution in [0.15, 0.2) is 0 Å². The number of rotatable bonds is 6. The smallest absolute Gasteiger partial charge is 0.0471 e. The van der Waals surface area contributed by atoms with Gasteiger partial charge < -0.3 is 14.8 Å². The Balaban J connectivity index is 2.46. The van der Waals surface area contributed by atoms with Crippen LogP contribution < -0.4 is 5.32 Å². The van der Waals surface area contributed by atoms with Crippen molar-refractivity contribution in [3.8, 4) is 0 Å². The summed E-state index contributed by atoms with van der Waals surface area (Å²) in [5.41, 5.74) is 0.622. The van der Waals surface area contributed by atoms with Gasteiger partial charge in [-0.15, -0.1) is 0 Å². The van der Waals surface area contributed by atoms with Crippen molar-refractivity contribution < 1.29 is 9.47 Å². The second-order valence-corrected chi connectivity index (χ2v) is 6.31. The van der Waals surface area contributed by atoms with Crippen molar-refractivity contribution >= 4 is 0 Å². The number of ether oxygens (including phenoxy) is 2. The molecule has 0 aromatic carbocycles. The van der Waals surface area contributed by atoms with E-state index in [1.807, 2.05) is 0 Å². The molecule has 0 amide bonds. The molecule has 0 atom stereocenters. The highest BCUT2D eigenvalue weighted by Gasteiger charge is 2.32. The first-order valence-corrected chi connectivity index (χ1v) is 6.79. The highest BCUT2D eigenvalue weighted by atomic mass is 16.5. The topological polar surface area (TPSA) is 30.5 Å². The molecule has 1 aliphatic rings. The lowest BCUT2D eigenvalue weighted by atomic mass is 9.76. The second-order valence-electron chi connectivity index (χ2n) is 6.31. The fourth-order valence-electron chi connectivity index (χ4n) is 2.36. The van der Waals surface area contributed by atoms with Crippen LogP contribution in [0.2, 0.25) is 0 Å². The molecule has 1 fully saturated rings. The van der Waals surface area contributed by atoms with Crippen LogP contribution in [0, 0.1) is 5.41 Å². The molecule has 0 aromatic rings. The zero-order valence-electron chi connectivity index (χ0n) is 12.0. The fourth-order valence-corrected chi connectivity index (χ4v) is 2.36. The molecule has 102 valence electrons. The first kappa shape index (κ1) is 14.9. The van der Waals surface area contributed by atoms with Gasteiger partial charge in [-0.1, -0.05) is 0 Å². The van der Waals surface area contributed by atoms with Crippen molar-refractivity contribution in [1.29, 1.82) is 0 Å². The van der Waals surface area contributed by atoms with Crippen molar-refractivity contribution in [2.24, 2.45) is 5.41 Å². The average molecular weight is 243 g/mol. The lowest BCUT2D eigenvalue weighted by Crippen LogP contribution is -2.46. The van der Waals surface area contributed by atoms with Gasteiger partial charge >= 0.3 is 0 Å². The van der Waals surface area contributed by atoms with Gasteiger partial charge in [-0.25, -0.2) is 0 Å². The largest absolute Gasteiger partial charge is 0.385 e. The van der Waals surface area contributed by atoms with E-state index in [-0.39, 0.29) is 5.54 Å². The quantitative estimate of drug-likeness (QED) is 0.727. The lowest BCUT2D eigenvalue weighted by molar-refractivity contribution is 0.00353. The maximum absolute atomic E-state index is 5.50. The Morgan fingerprint density at radius 2 is 1.88 bits per heavy atom. The molecular weight excluding hydrogens is 214 g/mol. The van der Waals surface area contributed by atoms with Crippen LogP contribution >= 0.6 is 0 Å². The molecule has 0 saturated carbocycles. The molecular formula is C14H29NO2. The van der Waals surface area contributed by atoms with E-state index in [0.717, 1.165) is 32.8 Å². The Bertz CT molecular complexity index is 205. The Kier molecular flexibility index (Phi) is 5.90. The first-order valence-electron chi connectivity index (χ1n) is 6.79. The number of nitrogens with one attached hydrogen (secondary N) is 1. The van der Waals surface area contributed by atoms with Crippen LogP contribution in [0.4, 0.5) is 0 Å². The summed E-state index contributed by atoms with van der Waals surface area (Å²) in [6.07, 6.45) is 4.76. The molecule has 0 aromatic heterocycles. The maximum atomic E-state index is 5.50. The van der Waals surface area contributed by atoms with Crippen molar-refractivity contribution in [3.63, 3.8) is 0 Å². The van der Waals surface area contributed by atoms with Gasteiger partial charge in [-0.2, -0.15) is 0 Å². The minimum Gasteiger partial charge on any atom is -0.385 e. The molecule has 0 aliphatic carbocycles. The molecule has 1 heterocycles. The van der Waals surface area contributed by atoms with Gasteiger partial charge in [0, 0.05) is 39.0 Å². The zero-order chi connectivity index (χ0) is 12.8. The van der Waals surface area contributed by atoms with Gasteiger partial charge in [-0.05, 0) is 51.9 Å². The maximum Gasteiger partial charge on any atom is 0.0471 e. The fraction of sp³-hybridized carbons (Fsp3) is 1.00. The normalized spacial score (nSPS) is 20.5. The van der Waals surface area contributed by atoms with Crippen LogP contribution in [0.25, 0.3) is 0 Å². The van der Waals surface area contributed by atoms with Crippen LogP contribution in [0.3, 0.4) is 0 Å². The standard InChI is InChI=1S/C14H29NO2/c1-13(2,3)15-12-14(6-5-9-16-4)7-10-17-11-8-14/h15H,5-12H2,1-4H3. The summed E-state index contributed by atoms with van der Waals surface area (Å²) >= 11 is 0. The van der Waals surface area contributed by atoms with E-state index in [2.05, 4.69) is 26.1 Å². The van der Waals surface area contributed by atoms with E-state index >= 15 is 0 Å². The highest BCUT2D eigenvalue weighted by molar-refractivity contribution is 4.86. The van der Waals surface area contributed by atoms with Gasteiger partial charge in [0.1, 0.15) is 0 Å². The van der Waals surface area contributed by atoms with Crippen LogP contribution in [0.1, 0.15) is 46.5 Å². The van der Waals surface area contributed by atoms with E-state index in [9.17, 15) is 0 Å². The summed E-state index contributed by atoms with van der Waals surface area (Å²) in [5.74, 6) is 0. The Morgan fingerprint density at radius 3 is 2.41 bits per heavy atom. The zero-order valence-corrected chi connectivity index (χ0v) is 12.0. The third-order valence-electron chi connectivity index (χ3n) is 3.60. The third-order valence-corrected chi connectivity index (χ3v) is 3.60. The molecule has 3 nitrogen and oxygen atoms in total. The number of hydrogen-bond acceptors (Lipinski definition) is 3. The molecule has 0 spiro atoms. The van der Waals surface area contributed by atoms with E-state index < -0.39 is 0 Å². The lowest BCUT2D eigenvalue weighted by Gasteiger charge is -2.39. The summed E-state index contributed by atoms with van der Waals surface area (Å²) in [5, 5.41) is 3.66. The van der Waals surface area contributed by atoms with Crippen molar-refractivity contribution in [1.82, 2.24) is 5.32 Å². The van der Waals surface area contributed by atoms with E-state index in [1.54, 1.807) is 7.11 Å². The summed E-state index contributed by atoms with van der Waals surface area (Å²) < 4.78 is 10.7. The summed E-state index contributed by atoms with van der Waals surface area (Å²) in [7, 11) is 1.78. The molecule has 3 heteroatoms. The van der Waals surface area contributed by atoms with Gasteiger partial charge in [-0.3, -0.25) is 0 Å². The Labute approximate surface area is 106 Å². The molecule has 1 saturated heterocycles. The van der Waals surface area contributed by atoms with Crippen molar-refractivity contribution in [3.05, 3.63) is 0 Å². The minimum atomic E-state index is 0.201. The Morgan fingerprint density at radius 1 is 1.24 bits per heavy atom. The molecule has 0 radical (unpaired) electrons. The monoisotopic (exact) mass is 243 g/mol. The molecule has 1 rings (SSSR count). The highest BCUT2D eigenvalue weighted by Crippen LogP contribution is 2.35. The van der Waals surface area contributed by atoms with Crippen molar-refractivity contribution in [2.75, 3.05) is 33.5 Å². The predicted octanol–water partition coefficient (Wildman–Crippen LogP) is 2.60. The number of methoxy groups -OCH3 is 1. The number of hydrogen-bond donors (Lipinski definition) is 1. The van der Waals surface area contributed by atoms with E-state index in [0.29, 0.717) is 5.41 Å². The first-order chi connectivity index (χ1) is 7.97. The van der Waals surface area contributed by atoms with Gasteiger partial charge in [0.25, 0.3) is 0 Å². The Hall–Kier alpha value is -0.120. The molecule has 0 unspecified atom stereocenters. The van der Waals surface area contributed by atoms with Gasteiger partial charge in [0.2, 0.25) is 0 Å². The van der Waals surface area contributed by atoms with Gasteiger partial charge in [0.15, 0.2) is 0 Å². The third kappa shape index (κ3) is 5.84. The van der Waals surface area contributed by atoms with Crippen LogP contribution in [-0.4, -0.2) is 39.0 Å². The predicted molar refractivity (Wildman–Crippen MR) is 71.4 cm³/mol. The SMILES string of the molecule is COCCCC1(CNC(C)(C)C)CCOCC1. The molecule has 1 N–H and O–H groups in total. The summed E-state index contributed by atoms with van der Waals surface area (Å²) in [6.45, 7) is 10.5. The summed E-state index contributed by atoms with van der Waals surface area (Å²) in [4.78, 5) is 0. The summed E-state index contributed by atoms with van der Waals surface area (Å²) in [6, 6.07) is 0. The molecule has 17 heavy (non-hydrogen) atoms. The van der Waals surface area contributed by atoms with Crippen LogP contribution in [0.5, 0.6) is 0 Å².